The minimum Gasteiger partial charge on any atom is -0.337 e. The topological polar surface area (TPSA) is 180 Å². The highest BCUT2D eigenvalue weighted by Crippen LogP contribution is 2.28. The van der Waals surface area contributed by atoms with Crippen LogP contribution in [0.3, 0.4) is 0 Å². The molecule has 14 heteroatoms. The van der Waals surface area contributed by atoms with Gasteiger partial charge in [0.25, 0.3) is 27.9 Å². The van der Waals surface area contributed by atoms with E-state index < -0.39 is 53.2 Å². The predicted molar refractivity (Wildman–Crippen MR) is 99.2 cm³/mol. The standard InChI is InChI=1S/C17H18N4O10/c1-9(7-30-20(26)27)18(3)15(23)12-5-14-13(4-11(12)6-22)16(24)19(17(14)25)10(2)8-31-21(28)29/h4-6,9-10H,7-8H2,1-3H3. The number of benzene rings is 1. The van der Waals surface area contributed by atoms with Crippen LogP contribution in [0.15, 0.2) is 12.1 Å². The summed E-state index contributed by atoms with van der Waals surface area (Å²) >= 11 is 0. The molecule has 0 N–H and O–H groups in total. The van der Waals surface area contributed by atoms with Crippen LogP contribution in [0.2, 0.25) is 0 Å². The molecule has 2 rings (SSSR count). The Morgan fingerprint density at radius 3 is 2.13 bits per heavy atom. The van der Waals surface area contributed by atoms with E-state index in [4.69, 9.17) is 0 Å². The van der Waals surface area contributed by atoms with Gasteiger partial charge in [0.15, 0.2) is 6.29 Å². The van der Waals surface area contributed by atoms with E-state index in [1.54, 1.807) is 0 Å². The molecule has 0 fully saturated rings. The van der Waals surface area contributed by atoms with Crippen molar-refractivity contribution in [2.45, 2.75) is 25.9 Å². The smallest absolute Gasteiger partial charge is 0.294 e. The lowest BCUT2D eigenvalue weighted by Gasteiger charge is -2.24. The van der Waals surface area contributed by atoms with Gasteiger partial charge in [-0.3, -0.25) is 24.1 Å². The van der Waals surface area contributed by atoms with Crippen molar-refractivity contribution in [2.24, 2.45) is 0 Å². The van der Waals surface area contributed by atoms with Gasteiger partial charge in [-0.1, -0.05) is 0 Å². The van der Waals surface area contributed by atoms with Crippen molar-refractivity contribution in [3.63, 3.8) is 0 Å². The van der Waals surface area contributed by atoms with Gasteiger partial charge in [-0.05, 0) is 26.0 Å². The van der Waals surface area contributed by atoms with E-state index in [0.717, 1.165) is 21.9 Å². The van der Waals surface area contributed by atoms with E-state index in [1.165, 1.54) is 20.9 Å². The van der Waals surface area contributed by atoms with E-state index >= 15 is 0 Å². The Morgan fingerprint density at radius 1 is 1.10 bits per heavy atom. The summed E-state index contributed by atoms with van der Waals surface area (Å²) in [5.41, 5.74) is -0.657. The molecule has 0 aromatic heterocycles. The first-order chi connectivity index (χ1) is 14.5. The molecule has 0 bridgehead atoms. The molecular formula is C17H18N4O10. The molecule has 1 aromatic carbocycles. The third kappa shape index (κ3) is 4.73. The Hall–Kier alpha value is -4.10. The molecule has 3 amide bonds. The normalized spacial score (nSPS) is 14.5. The molecule has 1 heterocycles. The number of likely N-dealkylation sites (N-methyl/N-ethyl adjacent to an activating group) is 1. The first kappa shape index (κ1) is 23.2. The van der Waals surface area contributed by atoms with Crippen molar-refractivity contribution in [1.29, 1.82) is 0 Å². The first-order valence-electron chi connectivity index (χ1n) is 8.82. The van der Waals surface area contributed by atoms with Gasteiger partial charge in [0.1, 0.15) is 13.2 Å². The average molecular weight is 438 g/mol. The number of amides is 3. The highest BCUT2D eigenvalue weighted by atomic mass is 17.0. The van der Waals surface area contributed by atoms with Gasteiger partial charge in [-0.2, -0.15) is 0 Å². The summed E-state index contributed by atoms with van der Waals surface area (Å²) in [6, 6.07) is 0.431. The van der Waals surface area contributed by atoms with Gasteiger partial charge < -0.3 is 14.6 Å². The second kappa shape index (κ2) is 9.15. The molecule has 0 spiro atoms. The molecule has 31 heavy (non-hydrogen) atoms. The fourth-order valence-electron chi connectivity index (χ4n) is 2.92. The summed E-state index contributed by atoms with van der Waals surface area (Å²) in [6.07, 6.45) is 0.333. The van der Waals surface area contributed by atoms with Crippen LogP contribution in [-0.4, -0.2) is 76.3 Å². The molecule has 1 aliphatic rings. The predicted octanol–water partition coefficient (Wildman–Crippen LogP) is 0.361. The zero-order chi connectivity index (χ0) is 23.5. The molecule has 2 atom stereocenters. The van der Waals surface area contributed by atoms with E-state index in [9.17, 15) is 39.4 Å². The average Bonchev–Trinajstić information content (AvgIpc) is 2.97. The minimum absolute atomic E-state index is 0.135. The Labute approximate surface area is 174 Å². The van der Waals surface area contributed by atoms with E-state index in [0.29, 0.717) is 6.29 Å². The summed E-state index contributed by atoms with van der Waals surface area (Å²) in [6.45, 7) is 1.86. The van der Waals surface area contributed by atoms with Gasteiger partial charge in [-0.15, -0.1) is 20.2 Å². The molecule has 2 unspecified atom stereocenters. The summed E-state index contributed by atoms with van der Waals surface area (Å²) in [4.78, 5) is 80.7. The van der Waals surface area contributed by atoms with Crippen LogP contribution in [0, 0.1) is 20.2 Å². The van der Waals surface area contributed by atoms with Crippen LogP contribution < -0.4 is 0 Å². The maximum atomic E-state index is 12.8. The molecule has 14 nitrogen and oxygen atoms in total. The molecule has 166 valence electrons. The van der Waals surface area contributed by atoms with Crippen molar-refractivity contribution in [1.82, 2.24) is 9.80 Å². The molecule has 1 aromatic rings. The summed E-state index contributed by atoms with van der Waals surface area (Å²) in [7, 11) is 1.33. The van der Waals surface area contributed by atoms with Crippen molar-refractivity contribution in [2.75, 3.05) is 20.3 Å². The fraction of sp³-hybridized carbons (Fsp3) is 0.412. The zero-order valence-electron chi connectivity index (χ0n) is 16.7. The van der Waals surface area contributed by atoms with Crippen LogP contribution in [-0.2, 0) is 9.68 Å². The number of nitrogens with zero attached hydrogens (tertiary/aromatic N) is 4. The zero-order valence-corrected chi connectivity index (χ0v) is 16.7. The third-order valence-corrected chi connectivity index (χ3v) is 4.71. The molecule has 0 radical (unpaired) electrons. The number of carbonyl (C=O) groups is 4. The Bertz CT molecular complexity index is 962. The monoisotopic (exact) mass is 438 g/mol. The number of rotatable bonds is 10. The van der Waals surface area contributed by atoms with Gasteiger partial charge in [0.2, 0.25) is 0 Å². The lowest BCUT2D eigenvalue weighted by atomic mass is 9.99. The quantitative estimate of drug-likeness (QED) is 0.214. The second-order valence-electron chi connectivity index (χ2n) is 6.74. The van der Waals surface area contributed by atoms with Crippen molar-refractivity contribution < 1.29 is 39.0 Å². The van der Waals surface area contributed by atoms with Crippen molar-refractivity contribution in [3.8, 4) is 0 Å². The van der Waals surface area contributed by atoms with Crippen LogP contribution >= 0.6 is 0 Å². The van der Waals surface area contributed by atoms with Gasteiger partial charge >= 0.3 is 0 Å². The minimum atomic E-state index is -1.06. The van der Waals surface area contributed by atoms with Crippen LogP contribution in [0.4, 0.5) is 0 Å². The first-order valence-corrected chi connectivity index (χ1v) is 8.82. The van der Waals surface area contributed by atoms with E-state index in [2.05, 4.69) is 9.68 Å². The second-order valence-corrected chi connectivity index (χ2v) is 6.74. The number of imide groups is 1. The largest absolute Gasteiger partial charge is 0.337 e. The van der Waals surface area contributed by atoms with E-state index in [-0.39, 0.29) is 22.3 Å². The maximum Gasteiger partial charge on any atom is 0.294 e. The number of carbonyl (C=O) groups excluding carboxylic acids is 4. The van der Waals surface area contributed by atoms with E-state index in [1.807, 2.05) is 0 Å². The summed E-state index contributed by atoms with van der Waals surface area (Å²) < 4.78 is 0. The maximum absolute atomic E-state index is 12.8. The van der Waals surface area contributed by atoms with Crippen molar-refractivity contribution >= 4 is 24.0 Å². The Kier molecular flexibility index (Phi) is 6.84. The fourth-order valence-corrected chi connectivity index (χ4v) is 2.92. The Morgan fingerprint density at radius 2 is 1.61 bits per heavy atom. The molecule has 0 saturated carbocycles. The molecule has 1 aliphatic heterocycles. The van der Waals surface area contributed by atoms with Crippen molar-refractivity contribution in [3.05, 3.63) is 54.6 Å². The molecular weight excluding hydrogens is 420 g/mol. The van der Waals surface area contributed by atoms with Crippen LogP contribution in [0.5, 0.6) is 0 Å². The summed E-state index contributed by atoms with van der Waals surface area (Å²) in [5, 5.41) is 18.6. The Balaban J connectivity index is 2.35. The van der Waals surface area contributed by atoms with Crippen LogP contribution in [0.25, 0.3) is 0 Å². The molecule has 0 saturated heterocycles. The van der Waals surface area contributed by atoms with Gasteiger partial charge in [-0.25, -0.2) is 0 Å². The SMILES string of the molecule is CC(CO[N+](=O)[O-])N(C)C(=O)c1cc2c(cc1C=O)C(=O)N(C(C)CO[N+](=O)[O-])C2=O. The number of hydrogen-bond donors (Lipinski definition) is 0. The highest BCUT2D eigenvalue weighted by molar-refractivity contribution is 6.23. The number of fused-ring (bicyclic) bond motifs is 1. The summed E-state index contributed by atoms with van der Waals surface area (Å²) in [5.74, 6) is -2.33. The number of aldehydes is 1. The molecule has 0 aliphatic carbocycles. The lowest BCUT2D eigenvalue weighted by molar-refractivity contribution is -0.758. The van der Waals surface area contributed by atoms with Crippen LogP contribution in [0.1, 0.15) is 55.3 Å². The third-order valence-electron chi connectivity index (χ3n) is 4.71. The highest BCUT2D eigenvalue weighted by Gasteiger charge is 2.40. The van der Waals surface area contributed by atoms with Gasteiger partial charge in [0.05, 0.1) is 28.8 Å². The van der Waals surface area contributed by atoms with Gasteiger partial charge in [0, 0.05) is 12.6 Å². The lowest BCUT2D eigenvalue weighted by Crippen LogP contribution is -2.41. The number of hydrogen-bond acceptors (Lipinski definition) is 10.